The summed E-state index contributed by atoms with van der Waals surface area (Å²) in [6.07, 6.45) is 5.52. The summed E-state index contributed by atoms with van der Waals surface area (Å²) in [7, 11) is 1.59. The summed E-state index contributed by atoms with van der Waals surface area (Å²) in [6, 6.07) is 0.0164. The van der Waals surface area contributed by atoms with Gasteiger partial charge in [0.05, 0.1) is 0 Å². The number of nitrogens with zero attached hydrogens (tertiary/aromatic N) is 2. The first kappa shape index (κ1) is 15.2. The number of carbonyl (C=O) groups excluding carboxylic acids is 1. The lowest BCUT2D eigenvalue weighted by molar-refractivity contribution is 0.0690. The smallest absolute Gasteiger partial charge is 0.339 e. The fraction of sp³-hybridized carbons (Fsp3) is 0.615. The van der Waals surface area contributed by atoms with Gasteiger partial charge in [0.15, 0.2) is 5.69 Å². The number of aryl methyl sites for hydroxylation is 1. The Kier molecular flexibility index (Phi) is 5.54. The summed E-state index contributed by atoms with van der Waals surface area (Å²) >= 11 is 0. The van der Waals surface area contributed by atoms with Crippen molar-refractivity contribution in [2.24, 2.45) is 7.05 Å². The van der Waals surface area contributed by atoms with Gasteiger partial charge in [0.25, 0.3) is 5.91 Å². The standard InChI is InChI=1S/C13H21N3O3/c1-4-5-6-7-9(2)14-12(17)11-10(13(18)19)8-16(3)15-11/h8-9H,4-7H2,1-3H3,(H,14,17)(H,18,19). The minimum atomic E-state index is -1.14. The highest BCUT2D eigenvalue weighted by Crippen LogP contribution is 2.08. The fourth-order valence-electron chi connectivity index (χ4n) is 1.88. The molecule has 1 aromatic heterocycles. The summed E-state index contributed by atoms with van der Waals surface area (Å²) in [6.45, 7) is 4.03. The van der Waals surface area contributed by atoms with E-state index in [0.29, 0.717) is 0 Å². The molecule has 1 unspecified atom stereocenters. The van der Waals surface area contributed by atoms with E-state index in [9.17, 15) is 9.59 Å². The third kappa shape index (κ3) is 4.39. The minimum absolute atomic E-state index is 0.0164. The van der Waals surface area contributed by atoms with Crippen molar-refractivity contribution in [2.45, 2.75) is 45.6 Å². The summed E-state index contributed by atoms with van der Waals surface area (Å²) in [5, 5.41) is 15.7. The van der Waals surface area contributed by atoms with Gasteiger partial charge in [-0.05, 0) is 13.3 Å². The maximum Gasteiger partial charge on any atom is 0.339 e. The molecule has 1 rings (SSSR count). The zero-order chi connectivity index (χ0) is 14.4. The quantitative estimate of drug-likeness (QED) is 0.738. The Balaban J connectivity index is 2.65. The second kappa shape index (κ2) is 6.92. The van der Waals surface area contributed by atoms with Crippen LogP contribution in [0.2, 0.25) is 0 Å². The first-order chi connectivity index (χ1) is 8.95. The van der Waals surface area contributed by atoms with Gasteiger partial charge < -0.3 is 10.4 Å². The molecular formula is C13H21N3O3. The monoisotopic (exact) mass is 267 g/mol. The van der Waals surface area contributed by atoms with E-state index < -0.39 is 11.9 Å². The van der Waals surface area contributed by atoms with Gasteiger partial charge in [-0.1, -0.05) is 26.2 Å². The van der Waals surface area contributed by atoms with Gasteiger partial charge in [-0.15, -0.1) is 0 Å². The number of carboxylic acid groups (broad SMARTS) is 1. The van der Waals surface area contributed by atoms with E-state index >= 15 is 0 Å². The maximum absolute atomic E-state index is 12.0. The van der Waals surface area contributed by atoms with Gasteiger partial charge in [0, 0.05) is 19.3 Å². The van der Waals surface area contributed by atoms with Crippen molar-refractivity contribution in [3.63, 3.8) is 0 Å². The van der Waals surface area contributed by atoms with Crippen molar-refractivity contribution >= 4 is 11.9 Å². The molecule has 0 aliphatic heterocycles. The number of hydrogen-bond acceptors (Lipinski definition) is 3. The van der Waals surface area contributed by atoms with Crippen LogP contribution in [0.15, 0.2) is 6.20 Å². The molecule has 1 amide bonds. The average molecular weight is 267 g/mol. The number of hydrogen-bond donors (Lipinski definition) is 2. The molecule has 0 aliphatic carbocycles. The van der Waals surface area contributed by atoms with Crippen LogP contribution in [0.4, 0.5) is 0 Å². The molecule has 0 spiro atoms. The van der Waals surface area contributed by atoms with Crippen LogP contribution in [0, 0.1) is 0 Å². The lowest BCUT2D eigenvalue weighted by Crippen LogP contribution is -2.33. The number of aromatic nitrogens is 2. The topological polar surface area (TPSA) is 84.2 Å². The summed E-state index contributed by atoms with van der Waals surface area (Å²) in [4.78, 5) is 23.0. The van der Waals surface area contributed by atoms with Gasteiger partial charge in [-0.3, -0.25) is 9.48 Å². The molecule has 2 N–H and O–H groups in total. The van der Waals surface area contributed by atoms with Crippen LogP contribution >= 0.6 is 0 Å². The molecule has 0 saturated heterocycles. The number of carbonyl (C=O) groups is 2. The van der Waals surface area contributed by atoms with Crippen molar-refractivity contribution in [3.05, 3.63) is 17.5 Å². The van der Waals surface area contributed by atoms with Crippen LogP contribution in [0.5, 0.6) is 0 Å². The Bertz CT molecular complexity index is 454. The largest absolute Gasteiger partial charge is 0.478 e. The van der Waals surface area contributed by atoms with Crippen molar-refractivity contribution < 1.29 is 14.7 Å². The summed E-state index contributed by atoms with van der Waals surface area (Å²) in [5.74, 6) is -1.57. The lowest BCUT2D eigenvalue weighted by Gasteiger charge is -2.12. The summed E-state index contributed by atoms with van der Waals surface area (Å²) in [5.41, 5.74) is -0.0990. The predicted octanol–water partition coefficient (Wildman–Crippen LogP) is 1.82. The molecular weight excluding hydrogens is 246 g/mol. The molecule has 0 saturated carbocycles. The number of rotatable bonds is 7. The van der Waals surface area contributed by atoms with Gasteiger partial charge in [0.1, 0.15) is 5.56 Å². The van der Waals surface area contributed by atoms with Crippen molar-refractivity contribution in [1.82, 2.24) is 15.1 Å². The molecule has 106 valence electrons. The Morgan fingerprint density at radius 2 is 2.16 bits per heavy atom. The summed E-state index contributed by atoms with van der Waals surface area (Å²) < 4.78 is 1.33. The number of aromatic carboxylic acids is 1. The second-order valence-electron chi connectivity index (χ2n) is 4.74. The van der Waals surface area contributed by atoms with E-state index in [1.54, 1.807) is 7.05 Å². The Morgan fingerprint density at radius 3 is 2.74 bits per heavy atom. The lowest BCUT2D eigenvalue weighted by atomic mass is 10.1. The van der Waals surface area contributed by atoms with Crippen molar-refractivity contribution in [2.75, 3.05) is 0 Å². The first-order valence-electron chi connectivity index (χ1n) is 6.53. The zero-order valence-corrected chi connectivity index (χ0v) is 11.6. The number of carboxylic acids is 1. The van der Waals surface area contributed by atoms with E-state index in [0.717, 1.165) is 25.7 Å². The van der Waals surface area contributed by atoms with Gasteiger partial charge >= 0.3 is 5.97 Å². The molecule has 0 fully saturated rings. The molecule has 1 heterocycles. The highest BCUT2D eigenvalue weighted by molar-refractivity contribution is 6.03. The molecule has 1 atom stereocenters. The van der Waals surface area contributed by atoms with Crippen LogP contribution in [-0.4, -0.2) is 32.8 Å². The average Bonchev–Trinajstić information content (AvgIpc) is 2.72. The molecule has 6 nitrogen and oxygen atoms in total. The van der Waals surface area contributed by atoms with Gasteiger partial charge in [-0.2, -0.15) is 5.10 Å². The molecule has 6 heteroatoms. The third-order valence-corrected chi connectivity index (χ3v) is 2.89. The van der Waals surface area contributed by atoms with E-state index in [-0.39, 0.29) is 17.3 Å². The molecule has 0 radical (unpaired) electrons. The molecule has 0 aromatic carbocycles. The van der Waals surface area contributed by atoms with E-state index in [1.807, 2.05) is 6.92 Å². The Morgan fingerprint density at radius 1 is 1.47 bits per heavy atom. The molecule has 0 aliphatic rings. The number of nitrogens with one attached hydrogen (secondary N) is 1. The highest BCUT2D eigenvalue weighted by Gasteiger charge is 2.21. The minimum Gasteiger partial charge on any atom is -0.478 e. The van der Waals surface area contributed by atoms with E-state index in [1.165, 1.54) is 10.9 Å². The highest BCUT2D eigenvalue weighted by atomic mass is 16.4. The van der Waals surface area contributed by atoms with Crippen molar-refractivity contribution in [3.8, 4) is 0 Å². The number of unbranched alkanes of at least 4 members (excludes halogenated alkanes) is 2. The molecule has 0 bridgehead atoms. The van der Waals surface area contributed by atoms with Gasteiger partial charge in [0.2, 0.25) is 0 Å². The zero-order valence-electron chi connectivity index (χ0n) is 11.6. The Labute approximate surface area is 112 Å². The second-order valence-corrected chi connectivity index (χ2v) is 4.74. The molecule has 1 aromatic rings. The van der Waals surface area contributed by atoms with Crippen LogP contribution in [0.1, 0.15) is 60.4 Å². The van der Waals surface area contributed by atoms with Crippen molar-refractivity contribution in [1.29, 1.82) is 0 Å². The van der Waals surface area contributed by atoms with E-state index in [2.05, 4.69) is 17.3 Å². The SMILES string of the molecule is CCCCCC(C)NC(=O)c1nn(C)cc1C(=O)O. The van der Waals surface area contributed by atoms with E-state index in [4.69, 9.17) is 5.11 Å². The van der Waals surface area contributed by atoms with Crippen LogP contribution in [-0.2, 0) is 7.05 Å². The van der Waals surface area contributed by atoms with Crippen LogP contribution in [0.25, 0.3) is 0 Å². The molecule has 19 heavy (non-hydrogen) atoms. The normalized spacial score (nSPS) is 12.2. The van der Waals surface area contributed by atoms with Crippen LogP contribution < -0.4 is 5.32 Å². The fourth-order valence-corrected chi connectivity index (χ4v) is 1.88. The first-order valence-corrected chi connectivity index (χ1v) is 6.53. The third-order valence-electron chi connectivity index (χ3n) is 2.89. The predicted molar refractivity (Wildman–Crippen MR) is 71.2 cm³/mol. The Hall–Kier alpha value is -1.85. The van der Waals surface area contributed by atoms with Crippen LogP contribution in [0.3, 0.4) is 0 Å². The number of amides is 1. The maximum atomic E-state index is 12.0. The van der Waals surface area contributed by atoms with Gasteiger partial charge in [-0.25, -0.2) is 4.79 Å².